The van der Waals surface area contributed by atoms with Crippen LogP contribution in [0, 0.1) is 12.8 Å². The molecule has 1 unspecified atom stereocenters. The molecule has 0 radical (unpaired) electrons. The maximum absolute atomic E-state index is 4.15. The summed E-state index contributed by atoms with van der Waals surface area (Å²) in [6.07, 6.45) is 1.17. The number of halogens is 1. The van der Waals surface area contributed by atoms with Gasteiger partial charge in [-0.15, -0.1) is 5.92 Å². The quantitative estimate of drug-likeness (QED) is 0.544. The number of hydrogen-bond donors (Lipinski definition) is 0. The van der Waals surface area contributed by atoms with E-state index in [9.17, 15) is 0 Å². The summed E-state index contributed by atoms with van der Waals surface area (Å²) in [6, 6.07) is 10.5. The molecule has 0 bridgehead atoms. The van der Waals surface area contributed by atoms with Crippen LogP contribution in [0.5, 0.6) is 0 Å². The van der Waals surface area contributed by atoms with Crippen LogP contribution in [0.25, 0.3) is 0 Å². The Labute approximate surface area is 114 Å². The smallest absolute Gasteiger partial charge is 1.00 e. The van der Waals surface area contributed by atoms with E-state index in [1.54, 1.807) is 0 Å². The Bertz CT molecular complexity index is 221. The van der Waals surface area contributed by atoms with Crippen LogP contribution in [0.2, 0.25) is 0 Å². The molecule has 0 nitrogen and oxygen atoms in total. The van der Waals surface area contributed by atoms with Crippen LogP contribution in [0.3, 0.4) is 0 Å². The van der Waals surface area contributed by atoms with Gasteiger partial charge in [-0.1, -0.05) is 56.2 Å². The fourth-order valence-electron chi connectivity index (χ4n) is 1.43. The van der Waals surface area contributed by atoms with Crippen molar-refractivity contribution >= 4 is 23.1 Å². The van der Waals surface area contributed by atoms with Crippen molar-refractivity contribution in [2.24, 2.45) is 5.92 Å². The molecule has 0 aromatic heterocycles. The summed E-state index contributed by atoms with van der Waals surface area (Å²) < 4.78 is 0. The third-order valence-electron chi connectivity index (χ3n) is 2.03. The third kappa shape index (κ3) is 6.04. The van der Waals surface area contributed by atoms with Gasteiger partial charge < -0.3 is 23.9 Å². The Balaban J connectivity index is 0. The predicted molar refractivity (Wildman–Crippen MR) is 59.7 cm³/mol. The Morgan fingerprint density at radius 1 is 1.14 bits per heavy atom. The van der Waals surface area contributed by atoms with E-state index in [1.807, 2.05) is 6.07 Å². The van der Waals surface area contributed by atoms with E-state index in [4.69, 9.17) is 0 Å². The van der Waals surface area contributed by atoms with Gasteiger partial charge in [-0.05, 0) is 5.92 Å². The number of benzene rings is 1. The van der Waals surface area contributed by atoms with E-state index >= 15 is 0 Å². The molecule has 2 heteroatoms. The molecule has 1 aromatic carbocycles. The van der Waals surface area contributed by atoms with Crippen molar-refractivity contribution in [3.63, 3.8) is 0 Å². The van der Waals surface area contributed by atoms with Crippen LogP contribution in [0.15, 0.2) is 30.3 Å². The summed E-state index contributed by atoms with van der Waals surface area (Å²) in [4.78, 5) is 0. The molecule has 0 heterocycles. The molecule has 74 valence electrons. The molecule has 0 N–H and O–H groups in total. The van der Waals surface area contributed by atoms with Gasteiger partial charge >= 0.3 is 23.1 Å². The van der Waals surface area contributed by atoms with Gasteiger partial charge in [0.1, 0.15) is 0 Å². The summed E-state index contributed by atoms with van der Waals surface area (Å²) in [5, 5.41) is 0. The van der Waals surface area contributed by atoms with Crippen LogP contribution in [0.1, 0.15) is 31.7 Å². The standard InChI is InChI=1S/C12H17.BrH.Mg/c1-10(2)9-11(3)12-7-5-4-6-8-12;;/h4-8,10-11H,3,9H2,1-2H3;1H;/q-1;;+2/p-1. The minimum absolute atomic E-state index is 0. The number of hydrogen-bond acceptors (Lipinski definition) is 0. The molecule has 14 heavy (non-hydrogen) atoms. The second-order valence-corrected chi connectivity index (χ2v) is 3.74. The molecule has 0 aliphatic carbocycles. The first-order valence-corrected chi connectivity index (χ1v) is 4.58. The second kappa shape index (κ2) is 8.75. The molecule has 1 aromatic rings. The van der Waals surface area contributed by atoms with Gasteiger partial charge in [0, 0.05) is 0 Å². The van der Waals surface area contributed by atoms with Crippen LogP contribution in [-0.2, 0) is 0 Å². The molecule has 0 amide bonds. The topological polar surface area (TPSA) is 0 Å². The zero-order valence-corrected chi connectivity index (χ0v) is 12.0. The van der Waals surface area contributed by atoms with Crippen molar-refractivity contribution in [3.05, 3.63) is 42.8 Å². The van der Waals surface area contributed by atoms with Crippen LogP contribution >= 0.6 is 0 Å². The van der Waals surface area contributed by atoms with E-state index < -0.39 is 0 Å². The minimum Gasteiger partial charge on any atom is -1.00 e. The molecule has 0 aliphatic heterocycles. The molecule has 0 spiro atoms. The van der Waals surface area contributed by atoms with Gasteiger partial charge in [0.25, 0.3) is 0 Å². The molecule has 1 atom stereocenters. The van der Waals surface area contributed by atoms with Crippen LogP contribution in [-0.4, -0.2) is 23.1 Å². The average molecular weight is 265 g/mol. The van der Waals surface area contributed by atoms with Gasteiger partial charge in [0.15, 0.2) is 0 Å². The molecule has 0 saturated heterocycles. The van der Waals surface area contributed by atoms with Gasteiger partial charge in [0.2, 0.25) is 0 Å². The van der Waals surface area contributed by atoms with E-state index in [1.165, 1.54) is 12.0 Å². The zero-order valence-electron chi connectivity index (χ0n) is 9.04. The van der Waals surface area contributed by atoms with Crippen molar-refractivity contribution < 1.29 is 17.0 Å². The van der Waals surface area contributed by atoms with Gasteiger partial charge in [-0.25, -0.2) is 0 Å². The summed E-state index contributed by atoms with van der Waals surface area (Å²) in [5.74, 6) is 1.18. The van der Waals surface area contributed by atoms with Crippen LogP contribution < -0.4 is 17.0 Å². The second-order valence-electron chi connectivity index (χ2n) is 3.74. The summed E-state index contributed by atoms with van der Waals surface area (Å²) >= 11 is 0. The molecule has 0 fully saturated rings. The zero-order chi connectivity index (χ0) is 8.97. The summed E-state index contributed by atoms with van der Waals surface area (Å²) in [7, 11) is 0. The van der Waals surface area contributed by atoms with Gasteiger partial charge in [-0.2, -0.15) is 0 Å². The van der Waals surface area contributed by atoms with Crippen molar-refractivity contribution in [3.8, 4) is 0 Å². The molecule has 0 aliphatic rings. The summed E-state index contributed by atoms with van der Waals surface area (Å²) in [6.45, 7) is 8.62. The van der Waals surface area contributed by atoms with E-state index in [0.29, 0.717) is 5.92 Å². The SMILES string of the molecule is [Br-].[CH2-]C(CC(C)C)c1ccccc1.[Mg+2]. The fraction of sp³-hybridized carbons (Fsp3) is 0.417. The van der Waals surface area contributed by atoms with Gasteiger partial charge in [0.05, 0.1) is 0 Å². The van der Waals surface area contributed by atoms with Crippen LogP contribution in [0.4, 0.5) is 0 Å². The molecular weight excluding hydrogens is 248 g/mol. The van der Waals surface area contributed by atoms with Gasteiger partial charge in [-0.3, -0.25) is 0 Å². The first kappa shape index (κ1) is 16.9. The monoisotopic (exact) mass is 264 g/mol. The Morgan fingerprint density at radius 3 is 2.07 bits per heavy atom. The molecule has 1 rings (SSSR count). The van der Waals surface area contributed by atoms with E-state index in [2.05, 4.69) is 45.0 Å². The minimum atomic E-state index is 0. The average Bonchev–Trinajstić information content (AvgIpc) is 2.05. The Hall–Kier alpha value is 0.466. The molecule has 0 saturated carbocycles. The van der Waals surface area contributed by atoms with Crippen molar-refractivity contribution in [2.45, 2.75) is 26.2 Å². The van der Waals surface area contributed by atoms with E-state index in [0.717, 1.165) is 5.92 Å². The Kier molecular flexibility index (Phi) is 10.5. The van der Waals surface area contributed by atoms with E-state index in [-0.39, 0.29) is 40.0 Å². The number of rotatable bonds is 3. The summed E-state index contributed by atoms with van der Waals surface area (Å²) in [5.41, 5.74) is 1.35. The normalized spacial score (nSPS) is 11.4. The first-order chi connectivity index (χ1) is 5.70. The van der Waals surface area contributed by atoms with Crippen molar-refractivity contribution in [1.29, 1.82) is 0 Å². The molecular formula is C12H17BrMg. The third-order valence-corrected chi connectivity index (χ3v) is 2.03. The first-order valence-electron chi connectivity index (χ1n) is 4.58. The van der Waals surface area contributed by atoms with Crippen molar-refractivity contribution in [2.75, 3.05) is 0 Å². The maximum atomic E-state index is 4.15. The van der Waals surface area contributed by atoms with Crippen molar-refractivity contribution in [1.82, 2.24) is 0 Å². The Morgan fingerprint density at radius 2 is 1.64 bits per heavy atom. The maximum Gasteiger partial charge on any atom is 2.00 e. The largest absolute Gasteiger partial charge is 2.00 e. The fourth-order valence-corrected chi connectivity index (χ4v) is 1.43. The predicted octanol–water partition coefficient (Wildman–Crippen LogP) is 0.274.